The summed E-state index contributed by atoms with van der Waals surface area (Å²) in [5.74, 6) is 0.219. The highest BCUT2D eigenvalue weighted by molar-refractivity contribution is 5.81. The number of nitrogens with two attached hydrogens (primary N) is 1. The molecule has 3 heteroatoms. The fourth-order valence-corrected chi connectivity index (χ4v) is 1.06. The lowest BCUT2D eigenvalue weighted by Gasteiger charge is -2.07. The fraction of sp³-hybridized carbons (Fsp3) is 0.300. The maximum Gasteiger partial charge on any atom is 0.224 e. The van der Waals surface area contributed by atoms with Gasteiger partial charge in [-0.2, -0.15) is 0 Å². The van der Waals surface area contributed by atoms with Crippen molar-refractivity contribution >= 4 is 5.91 Å². The van der Waals surface area contributed by atoms with Crippen LogP contribution in [-0.4, -0.2) is 13.0 Å². The minimum absolute atomic E-state index is 0.245. The van der Waals surface area contributed by atoms with Crippen molar-refractivity contribution in [2.45, 2.75) is 12.8 Å². The van der Waals surface area contributed by atoms with E-state index < -0.39 is 0 Å². The summed E-state index contributed by atoms with van der Waals surface area (Å²) in [4.78, 5) is 10.8. The molecular weight excluding hydrogens is 166 g/mol. The molecule has 0 spiro atoms. The van der Waals surface area contributed by atoms with Crippen LogP contribution in [0.15, 0.2) is 24.3 Å². The molecule has 0 aromatic heterocycles. The van der Waals surface area contributed by atoms with Crippen LogP contribution in [-0.2, 0) is 4.79 Å². The van der Waals surface area contributed by atoms with Crippen LogP contribution in [0, 0.1) is 0 Å². The van der Waals surface area contributed by atoms with Crippen LogP contribution >= 0.6 is 0 Å². The van der Waals surface area contributed by atoms with Gasteiger partial charge < -0.3 is 10.5 Å². The van der Waals surface area contributed by atoms with Gasteiger partial charge in [0.15, 0.2) is 0 Å². The highest BCUT2D eigenvalue weighted by Crippen LogP contribution is 2.18. The minimum Gasteiger partial charge on any atom is -0.497 e. The van der Waals surface area contributed by atoms with Gasteiger partial charge in [0, 0.05) is 0 Å². The largest absolute Gasteiger partial charge is 0.497 e. The molecule has 0 bridgehead atoms. The average molecular weight is 179 g/mol. The molecule has 0 saturated carbocycles. The number of amides is 1. The number of benzene rings is 1. The molecule has 0 radical (unpaired) electrons. The van der Waals surface area contributed by atoms with E-state index in [1.165, 1.54) is 0 Å². The summed E-state index contributed by atoms with van der Waals surface area (Å²) in [6.07, 6.45) is 0. The Morgan fingerprint density at radius 2 is 1.92 bits per heavy atom. The number of hydrogen-bond donors (Lipinski definition) is 1. The molecule has 70 valence electrons. The summed E-state index contributed by atoms with van der Waals surface area (Å²) in [5, 5.41) is 0. The first-order chi connectivity index (χ1) is 6.15. The van der Waals surface area contributed by atoms with Gasteiger partial charge in [-0.25, -0.2) is 0 Å². The van der Waals surface area contributed by atoms with E-state index in [1.54, 1.807) is 14.0 Å². The number of hydrogen-bond acceptors (Lipinski definition) is 2. The van der Waals surface area contributed by atoms with Crippen molar-refractivity contribution in [3.63, 3.8) is 0 Å². The highest BCUT2D eigenvalue weighted by Gasteiger charge is 2.10. The van der Waals surface area contributed by atoms with Crippen LogP contribution in [0.1, 0.15) is 18.4 Å². The lowest BCUT2D eigenvalue weighted by molar-refractivity contribution is -0.119. The molecule has 2 N–H and O–H groups in total. The number of carbonyl (C=O) groups excluding carboxylic acids is 1. The monoisotopic (exact) mass is 179 g/mol. The Balaban J connectivity index is 2.85. The Hall–Kier alpha value is -1.51. The van der Waals surface area contributed by atoms with Crippen molar-refractivity contribution in [2.24, 2.45) is 5.73 Å². The van der Waals surface area contributed by atoms with Crippen LogP contribution in [0.25, 0.3) is 0 Å². The van der Waals surface area contributed by atoms with Gasteiger partial charge in [-0.05, 0) is 24.6 Å². The van der Waals surface area contributed by atoms with E-state index in [2.05, 4.69) is 0 Å². The third kappa shape index (κ3) is 2.21. The van der Waals surface area contributed by atoms with E-state index in [4.69, 9.17) is 10.5 Å². The van der Waals surface area contributed by atoms with Crippen molar-refractivity contribution in [3.8, 4) is 5.75 Å². The third-order valence-electron chi connectivity index (χ3n) is 2.04. The molecular formula is C10H13NO2. The van der Waals surface area contributed by atoms with Gasteiger partial charge in [-0.15, -0.1) is 0 Å². The normalized spacial score (nSPS) is 12.2. The first kappa shape index (κ1) is 9.58. The molecule has 0 heterocycles. The standard InChI is InChI=1S/C10H13NO2/c1-7(10(11)12)8-3-5-9(13-2)6-4-8/h3-7H,1-2H3,(H2,11,12)/t7-/m1/s1. The summed E-state index contributed by atoms with van der Waals surface area (Å²) in [5.41, 5.74) is 6.08. The van der Waals surface area contributed by atoms with Gasteiger partial charge in [0.05, 0.1) is 13.0 Å². The topological polar surface area (TPSA) is 52.3 Å². The second-order valence-corrected chi connectivity index (χ2v) is 2.90. The van der Waals surface area contributed by atoms with Crippen molar-refractivity contribution < 1.29 is 9.53 Å². The van der Waals surface area contributed by atoms with Crippen LogP contribution < -0.4 is 10.5 Å². The number of ether oxygens (including phenoxy) is 1. The SMILES string of the molecule is COc1ccc([C@@H](C)C(N)=O)cc1. The van der Waals surface area contributed by atoms with Gasteiger partial charge in [-0.1, -0.05) is 12.1 Å². The van der Waals surface area contributed by atoms with Crippen molar-refractivity contribution in [2.75, 3.05) is 7.11 Å². The summed E-state index contributed by atoms with van der Waals surface area (Å²) in [7, 11) is 1.60. The Kier molecular flexibility index (Phi) is 2.90. The zero-order valence-electron chi connectivity index (χ0n) is 7.78. The molecule has 1 atom stereocenters. The van der Waals surface area contributed by atoms with Gasteiger partial charge >= 0.3 is 0 Å². The van der Waals surface area contributed by atoms with Crippen molar-refractivity contribution in [3.05, 3.63) is 29.8 Å². The molecule has 0 aliphatic heterocycles. The first-order valence-electron chi connectivity index (χ1n) is 4.08. The molecule has 1 aromatic carbocycles. The lowest BCUT2D eigenvalue weighted by atomic mass is 10.0. The maximum atomic E-state index is 10.8. The molecule has 0 aliphatic carbocycles. The predicted octanol–water partition coefficient (Wildman–Crippen LogP) is 1.28. The van der Waals surface area contributed by atoms with E-state index in [0.29, 0.717) is 0 Å². The Morgan fingerprint density at radius 1 is 1.38 bits per heavy atom. The van der Waals surface area contributed by atoms with Crippen LogP contribution in [0.5, 0.6) is 5.75 Å². The van der Waals surface area contributed by atoms with Crippen molar-refractivity contribution in [1.29, 1.82) is 0 Å². The summed E-state index contributed by atoms with van der Waals surface area (Å²) < 4.78 is 4.99. The van der Waals surface area contributed by atoms with Gasteiger partial charge in [-0.3, -0.25) is 4.79 Å². The Bertz CT molecular complexity index is 292. The number of carbonyl (C=O) groups is 1. The van der Waals surface area contributed by atoms with E-state index in [1.807, 2.05) is 24.3 Å². The first-order valence-corrected chi connectivity index (χ1v) is 4.08. The molecule has 0 saturated heterocycles. The molecule has 0 unspecified atom stereocenters. The average Bonchev–Trinajstić information content (AvgIpc) is 2.17. The van der Waals surface area contributed by atoms with E-state index in [-0.39, 0.29) is 11.8 Å². The van der Waals surface area contributed by atoms with Crippen molar-refractivity contribution in [1.82, 2.24) is 0 Å². The zero-order chi connectivity index (χ0) is 9.84. The molecule has 1 amide bonds. The smallest absolute Gasteiger partial charge is 0.224 e. The van der Waals surface area contributed by atoms with Crippen LogP contribution in [0.2, 0.25) is 0 Å². The highest BCUT2D eigenvalue weighted by atomic mass is 16.5. The lowest BCUT2D eigenvalue weighted by Crippen LogP contribution is -2.18. The predicted molar refractivity (Wildman–Crippen MR) is 50.6 cm³/mol. The number of methoxy groups -OCH3 is 1. The molecule has 1 rings (SSSR count). The van der Waals surface area contributed by atoms with E-state index in [0.717, 1.165) is 11.3 Å². The third-order valence-corrected chi connectivity index (χ3v) is 2.04. The summed E-state index contributed by atoms with van der Waals surface area (Å²) in [6.45, 7) is 1.78. The molecule has 3 nitrogen and oxygen atoms in total. The molecule has 0 aliphatic rings. The molecule has 13 heavy (non-hydrogen) atoms. The van der Waals surface area contributed by atoms with Crippen LogP contribution in [0.4, 0.5) is 0 Å². The maximum absolute atomic E-state index is 10.8. The van der Waals surface area contributed by atoms with Gasteiger partial charge in [0.1, 0.15) is 5.75 Å². The van der Waals surface area contributed by atoms with E-state index in [9.17, 15) is 4.79 Å². The number of primary amides is 1. The van der Waals surface area contributed by atoms with Gasteiger partial charge in [0.25, 0.3) is 0 Å². The van der Waals surface area contributed by atoms with Gasteiger partial charge in [0.2, 0.25) is 5.91 Å². The zero-order valence-corrected chi connectivity index (χ0v) is 7.78. The fourth-order valence-electron chi connectivity index (χ4n) is 1.06. The second kappa shape index (κ2) is 3.94. The Morgan fingerprint density at radius 3 is 2.31 bits per heavy atom. The Labute approximate surface area is 77.5 Å². The summed E-state index contributed by atoms with van der Waals surface area (Å²) >= 11 is 0. The summed E-state index contributed by atoms with van der Waals surface area (Å²) in [6, 6.07) is 7.31. The quantitative estimate of drug-likeness (QED) is 0.760. The second-order valence-electron chi connectivity index (χ2n) is 2.90. The minimum atomic E-state index is -0.315. The van der Waals surface area contributed by atoms with Crippen LogP contribution in [0.3, 0.4) is 0 Å². The molecule has 0 fully saturated rings. The van der Waals surface area contributed by atoms with E-state index >= 15 is 0 Å². The number of rotatable bonds is 3. The molecule has 1 aromatic rings.